The first-order chi connectivity index (χ1) is 9.78. The van der Waals surface area contributed by atoms with Gasteiger partial charge in [-0.15, -0.1) is 0 Å². The van der Waals surface area contributed by atoms with Crippen LogP contribution < -0.4 is 5.32 Å². The molecule has 0 heterocycles. The first-order valence-corrected chi connectivity index (χ1v) is 8.58. The van der Waals surface area contributed by atoms with Gasteiger partial charge in [0.15, 0.2) is 0 Å². The van der Waals surface area contributed by atoms with Crippen molar-refractivity contribution < 1.29 is 0 Å². The Labute approximate surface area is 123 Å². The van der Waals surface area contributed by atoms with Crippen LogP contribution >= 0.6 is 0 Å². The van der Waals surface area contributed by atoms with E-state index in [-0.39, 0.29) is 0 Å². The summed E-state index contributed by atoms with van der Waals surface area (Å²) >= 11 is 0. The van der Waals surface area contributed by atoms with Crippen LogP contribution in [0.2, 0.25) is 0 Å². The molecule has 1 nitrogen and oxygen atoms in total. The summed E-state index contributed by atoms with van der Waals surface area (Å²) in [5.41, 5.74) is 2.64. The van der Waals surface area contributed by atoms with Gasteiger partial charge in [0, 0.05) is 12.2 Å². The quantitative estimate of drug-likeness (QED) is 0.822. The molecule has 4 saturated carbocycles. The zero-order valence-electron chi connectivity index (χ0n) is 12.6. The molecule has 4 fully saturated rings. The molecule has 1 aromatic rings. The Kier molecular flexibility index (Phi) is 3.24. The molecule has 0 aliphatic heterocycles. The molecule has 0 radical (unpaired) electrons. The summed E-state index contributed by atoms with van der Waals surface area (Å²) in [6.45, 7) is 3.31. The Morgan fingerprint density at radius 2 is 1.50 bits per heavy atom. The summed E-state index contributed by atoms with van der Waals surface area (Å²) < 4.78 is 0. The van der Waals surface area contributed by atoms with Crippen molar-refractivity contribution in [2.75, 3.05) is 11.9 Å². The van der Waals surface area contributed by atoms with E-state index in [1.807, 2.05) is 0 Å². The molecular formula is C19H27N. The van der Waals surface area contributed by atoms with Gasteiger partial charge in [-0.3, -0.25) is 0 Å². The Hall–Kier alpha value is -0.980. The van der Waals surface area contributed by atoms with E-state index in [0.29, 0.717) is 0 Å². The van der Waals surface area contributed by atoms with Crippen molar-refractivity contribution in [3.05, 3.63) is 29.8 Å². The van der Waals surface area contributed by atoms with E-state index in [0.717, 1.165) is 36.1 Å². The normalized spacial score (nSPS) is 38.1. The number of hydrogen-bond donors (Lipinski definition) is 1. The molecule has 0 spiro atoms. The molecule has 1 heteroatoms. The van der Waals surface area contributed by atoms with Crippen LogP contribution in [0.4, 0.5) is 5.69 Å². The van der Waals surface area contributed by atoms with E-state index in [1.165, 1.54) is 17.7 Å². The molecule has 20 heavy (non-hydrogen) atoms. The van der Waals surface area contributed by atoms with Crippen LogP contribution in [0.3, 0.4) is 0 Å². The highest BCUT2D eigenvalue weighted by Gasteiger charge is 2.47. The molecule has 4 bridgehead atoms. The van der Waals surface area contributed by atoms with Crippen molar-refractivity contribution in [2.24, 2.45) is 29.6 Å². The smallest absolute Gasteiger partial charge is 0.0340 e. The lowest BCUT2D eigenvalue weighted by Crippen LogP contribution is -2.45. The fourth-order valence-corrected chi connectivity index (χ4v) is 5.56. The zero-order chi connectivity index (χ0) is 13.5. The number of benzene rings is 1. The van der Waals surface area contributed by atoms with Crippen molar-refractivity contribution in [3.8, 4) is 0 Å². The van der Waals surface area contributed by atoms with E-state index < -0.39 is 0 Å². The highest BCUT2D eigenvalue weighted by molar-refractivity contribution is 5.44. The van der Waals surface area contributed by atoms with Crippen LogP contribution in [0.1, 0.15) is 44.1 Å². The van der Waals surface area contributed by atoms with Crippen LogP contribution in [-0.4, -0.2) is 6.54 Å². The number of rotatable bonds is 4. The molecule has 0 amide bonds. The van der Waals surface area contributed by atoms with Gasteiger partial charge >= 0.3 is 0 Å². The minimum Gasteiger partial charge on any atom is -0.385 e. The average molecular weight is 269 g/mol. The maximum absolute atomic E-state index is 3.63. The lowest BCUT2D eigenvalue weighted by molar-refractivity contribution is -0.0381. The second-order valence-electron chi connectivity index (χ2n) is 7.68. The Morgan fingerprint density at radius 3 is 2.10 bits per heavy atom. The monoisotopic (exact) mass is 269 g/mol. The van der Waals surface area contributed by atoms with Gasteiger partial charge in [-0.05, 0) is 87.2 Å². The van der Waals surface area contributed by atoms with E-state index in [1.54, 1.807) is 32.1 Å². The summed E-state index contributed by atoms with van der Waals surface area (Å²) in [5, 5.41) is 3.63. The first kappa shape index (κ1) is 12.7. The zero-order valence-corrected chi connectivity index (χ0v) is 12.6. The topological polar surface area (TPSA) is 12.0 Å². The largest absolute Gasteiger partial charge is 0.385 e. The third-order valence-electron chi connectivity index (χ3n) is 6.28. The van der Waals surface area contributed by atoms with Crippen molar-refractivity contribution in [1.82, 2.24) is 0 Å². The summed E-state index contributed by atoms with van der Waals surface area (Å²) in [6.07, 6.45) is 9.19. The van der Waals surface area contributed by atoms with E-state index in [9.17, 15) is 0 Å². The van der Waals surface area contributed by atoms with Crippen LogP contribution in [0, 0.1) is 36.5 Å². The van der Waals surface area contributed by atoms with Gasteiger partial charge in [0.1, 0.15) is 0 Å². The number of anilines is 1. The summed E-state index contributed by atoms with van der Waals surface area (Å²) in [4.78, 5) is 0. The minimum absolute atomic E-state index is 1.03. The maximum Gasteiger partial charge on any atom is 0.0340 e. The third-order valence-corrected chi connectivity index (χ3v) is 6.28. The molecule has 4 aliphatic rings. The molecule has 4 aliphatic carbocycles. The van der Waals surface area contributed by atoms with Gasteiger partial charge in [-0.2, -0.15) is 0 Å². The third kappa shape index (κ3) is 2.36. The average Bonchev–Trinajstić information content (AvgIpc) is 2.43. The number of hydrogen-bond acceptors (Lipinski definition) is 1. The Bertz CT molecular complexity index is 433. The van der Waals surface area contributed by atoms with Crippen LogP contribution in [-0.2, 0) is 0 Å². The first-order valence-electron chi connectivity index (χ1n) is 8.58. The SMILES string of the molecule is Cc1ccc(NCCC2C3CC4CC(C3)CC2C4)cc1. The Morgan fingerprint density at radius 1 is 0.900 bits per heavy atom. The predicted octanol–water partition coefficient (Wildman–Crippen LogP) is 4.87. The molecule has 1 aromatic carbocycles. The lowest BCUT2D eigenvalue weighted by Gasteiger charge is -2.54. The second kappa shape index (κ2) is 5.09. The molecule has 0 unspecified atom stereocenters. The van der Waals surface area contributed by atoms with Gasteiger partial charge in [0.05, 0.1) is 0 Å². The highest BCUT2D eigenvalue weighted by atomic mass is 14.9. The van der Waals surface area contributed by atoms with Gasteiger partial charge in [-0.1, -0.05) is 17.7 Å². The second-order valence-corrected chi connectivity index (χ2v) is 7.68. The number of aryl methyl sites for hydroxylation is 1. The summed E-state index contributed by atoms with van der Waals surface area (Å²) in [7, 11) is 0. The highest BCUT2D eigenvalue weighted by Crippen LogP contribution is 2.57. The maximum atomic E-state index is 3.63. The minimum atomic E-state index is 1.03. The van der Waals surface area contributed by atoms with Crippen molar-refractivity contribution in [1.29, 1.82) is 0 Å². The van der Waals surface area contributed by atoms with Crippen molar-refractivity contribution >= 4 is 5.69 Å². The van der Waals surface area contributed by atoms with Crippen molar-refractivity contribution in [2.45, 2.75) is 45.4 Å². The van der Waals surface area contributed by atoms with Crippen molar-refractivity contribution in [3.63, 3.8) is 0 Å². The predicted molar refractivity (Wildman–Crippen MR) is 84.8 cm³/mol. The molecular weight excluding hydrogens is 242 g/mol. The molecule has 108 valence electrons. The van der Waals surface area contributed by atoms with E-state index in [4.69, 9.17) is 0 Å². The molecule has 5 rings (SSSR count). The van der Waals surface area contributed by atoms with Crippen LogP contribution in [0.15, 0.2) is 24.3 Å². The molecule has 1 N–H and O–H groups in total. The summed E-state index contributed by atoms with van der Waals surface area (Å²) in [6, 6.07) is 8.83. The molecule has 0 aromatic heterocycles. The van der Waals surface area contributed by atoms with Crippen LogP contribution in [0.25, 0.3) is 0 Å². The molecule has 0 saturated heterocycles. The van der Waals surface area contributed by atoms with Gasteiger partial charge in [0.25, 0.3) is 0 Å². The Balaban J connectivity index is 1.32. The lowest BCUT2D eigenvalue weighted by atomic mass is 9.51. The van der Waals surface area contributed by atoms with Gasteiger partial charge < -0.3 is 5.32 Å². The number of nitrogens with one attached hydrogen (secondary N) is 1. The van der Waals surface area contributed by atoms with Gasteiger partial charge in [0.2, 0.25) is 0 Å². The standard InChI is InChI=1S/C19H27N/c1-13-2-4-18(5-3-13)20-7-6-19-16-9-14-8-15(11-16)12-17(19)10-14/h2-5,14-17,19-20H,6-12H2,1H3. The fourth-order valence-electron chi connectivity index (χ4n) is 5.56. The van der Waals surface area contributed by atoms with Gasteiger partial charge in [-0.25, -0.2) is 0 Å². The van der Waals surface area contributed by atoms with Crippen LogP contribution in [0.5, 0.6) is 0 Å². The van der Waals surface area contributed by atoms with E-state index >= 15 is 0 Å². The summed E-state index contributed by atoms with van der Waals surface area (Å²) in [5.74, 6) is 5.40. The fraction of sp³-hybridized carbons (Fsp3) is 0.684. The molecule has 0 atom stereocenters. The van der Waals surface area contributed by atoms with E-state index in [2.05, 4.69) is 36.5 Å².